The number of amides is 1. The Morgan fingerprint density at radius 1 is 1.24 bits per heavy atom. The fourth-order valence-electron chi connectivity index (χ4n) is 2.85. The van der Waals surface area contributed by atoms with Gasteiger partial charge in [-0.3, -0.25) is 9.59 Å². The number of hydrogen-bond donors (Lipinski definition) is 2. The van der Waals surface area contributed by atoms with Gasteiger partial charge in [0.25, 0.3) is 0 Å². The van der Waals surface area contributed by atoms with Crippen LogP contribution >= 0.6 is 11.8 Å². The molecular formula is C16H21NO3S. The molecule has 1 aliphatic carbocycles. The fraction of sp³-hybridized carbons (Fsp3) is 0.500. The molecule has 1 aliphatic rings. The second-order valence-corrected chi connectivity index (χ2v) is 6.75. The van der Waals surface area contributed by atoms with Crippen LogP contribution in [0.15, 0.2) is 35.2 Å². The van der Waals surface area contributed by atoms with E-state index < -0.39 is 11.9 Å². The molecule has 1 amide bonds. The molecule has 1 saturated carbocycles. The lowest BCUT2D eigenvalue weighted by Gasteiger charge is -2.15. The quantitative estimate of drug-likeness (QED) is 0.626. The average Bonchev–Trinajstić information content (AvgIpc) is 2.87. The number of aliphatic carboxylic acids is 1. The number of thioether (sulfide) groups is 1. The van der Waals surface area contributed by atoms with Gasteiger partial charge in [0.15, 0.2) is 0 Å². The summed E-state index contributed by atoms with van der Waals surface area (Å²) in [4.78, 5) is 24.5. The summed E-state index contributed by atoms with van der Waals surface area (Å²) in [7, 11) is 0. The SMILES string of the molecule is CC1C[C@H](C(=O)NCCSc2ccccc2)[C@H](C(=O)O)C1. The number of rotatable bonds is 6. The van der Waals surface area contributed by atoms with Crippen LogP contribution < -0.4 is 5.32 Å². The number of carboxylic acids is 1. The molecule has 21 heavy (non-hydrogen) atoms. The molecule has 0 heterocycles. The Morgan fingerprint density at radius 3 is 2.57 bits per heavy atom. The van der Waals surface area contributed by atoms with Gasteiger partial charge >= 0.3 is 5.97 Å². The van der Waals surface area contributed by atoms with Crippen molar-refractivity contribution < 1.29 is 14.7 Å². The molecule has 1 aromatic carbocycles. The molecule has 4 nitrogen and oxygen atoms in total. The van der Waals surface area contributed by atoms with Gasteiger partial charge in [-0.05, 0) is 30.9 Å². The highest BCUT2D eigenvalue weighted by Crippen LogP contribution is 2.36. The summed E-state index contributed by atoms with van der Waals surface area (Å²) in [6.45, 7) is 2.57. The normalized spacial score (nSPS) is 24.7. The third-order valence-corrected chi connectivity index (χ3v) is 4.88. The van der Waals surface area contributed by atoms with Gasteiger partial charge in [0, 0.05) is 17.2 Å². The first-order valence-electron chi connectivity index (χ1n) is 7.26. The minimum absolute atomic E-state index is 0.111. The van der Waals surface area contributed by atoms with Crippen molar-refractivity contribution in [2.45, 2.75) is 24.7 Å². The lowest BCUT2D eigenvalue weighted by Crippen LogP contribution is -2.36. The van der Waals surface area contributed by atoms with E-state index in [0.29, 0.717) is 25.3 Å². The minimum Gasteiger partial charge on any atom is -0.481 e. The van der Waals surface area contributed by atoms with Gasteiger partial charge in [-0.15, -0.1) is 11.8 Å². The van der Waals surface area contributed by atoms with E-state index in [9.17, 15) is 14.7 Å². The average molecular weight is 307 g/mol. The molecule has 5 heteroatoms. The lowest BCUT2D eigenvalue weighted by atomic mass is 9.95. The van der Waals surface area contributed by atoms with Gasteiger partial charge in [0.2, 0.25) is 5.91 Å². The van der Waals surface area contributed by atoms with Crippen molar-refractivity contribution in [2.24, 2.45) is 17.8 Å². The molecule has 0 aliphatic heterocycles. The number of carboxylic acid groups (broad SMARTS) is 1. The smallest absolute Gasteiger partial charge is 0.307 e. The van der Waals surface area contributed by atoms with E-state index in [0.717, 1.165) is 5.75 Å². The van der Waals surface area contributed by atoms with Crippen molar-refractivity contribution >= 4 is 23.6 Å². The van der Waals surface area contributed by atoms with E-state index >= 15 is 0 Å². The molecule has 1 unspecified atom stereocenters. The van der Waals surface area contributed by atoms with Crippen LogP contribution in [0.1, 0.15) is 19.8 Å². The summed E-state index contributed by atoms with van der Waals surface area (Å²) < 4.78 is 0. The molecule has 3 atom stereocenters. The van der Waals surface area contributed by atoms with Crippen LogP contribution in [-0.2, 0) is 9.59 Å². The predicted octanol–water partition coefficient (Wildman–Crippen LogP) is 2.64. The summed E-state index contributed by atoms with van der Waals surface area (Å²) in [5.74, 6) is -0.768. The highest BCUT2D eigenvalue weighted by atomic mass is 32.2. The van der Waals surface area contributed by atoms with E-state index in [-0.39, 0.29) is 11.8 Å². The van der Waals surface area contributed by atoms with Crippen molar-refractivity contribution in [3.05, 3.63) is 30.3 Å². The minimum atomic E-state index is -0.849. The zero-order valence-electron chi connectivity index (χ0n) is 12.1. The zero-order chi connectivity index (χ0) is 15.2. The maximum absolute atomic E-state index is 12.1. The van der Waals surface area contributed by atoms with Crippen molar-refractivity contribution in [3.8, 4) is 0 Å². The van der Waals surface area contributed by atoms with Gasteiger partial charge < -0.3 is 10.4 Å². The largest absolute Gasteiger partial charge is 0.481 e. The number of carbonyl (C=O) groups excluding carboxylic acids is 1. The summed E-state index contributed by atoms with van der Waals surface area (Å²) in [6, 6.07) is 10.0. The highest BCUT2D eigenvalue weighted by molar-refractivity contribution is 7.99. The van der Waals surface area contributed by atoms with Crippen LogP contribution in [0.25, 0.3) is 0 Å². The highest BCUT2D eigenvalue weighted by Gasteiger charge is 2.40. The molecule has 0 aromatic heterocycles. The summed E-state index contributed by atoms with van der Waals surface area (Å²) >= 11 is 1.68. The van der Waals surface area contributed by atoms with Gasteiger partial charge in [0.05, 0.1) is 11.8 Å². The number of carbonyl (C=O) groups is 2. The second kappa shape index (κ2) is 7.50. The van der Waals surface area contributed by atoms with Crippen LogP contribution in [0.3, 0.4) is 0 Å². The maximum Gasteiger partial charge on any atom is 0.307 e. The Morgan fingerprint density at radius 2 is 1.90 bits per heavy atom. The first-order valence-corrected chi connectivity index (χ1v) is 8.25. The van der Waals surface area contributed by atoms with Crippen LogP contribution in [0.2, 0.25) is 0 Å². The van der Waals surface area contributed by atoms with E-state index in [1.165, 1.54) is 4.90 Å². The number of nitrogens with one attached hydrogen (secondary N) is 1. The van der Waals surface area contributed by atoms with E-state index in [2.05, 4.69) is 5.32 Å². The summed E-state index contributed by atoms with van der Waals surface area (Å²) in [5, 5.41) is 12.1. The first kappa shape index (κ1) is 15.9. The molecule has 1 fully saturated rings. The Hall–Kier alpha value is -1.49. The maximum atomic E-state index is 12.1. The molecule has 2 N–H and O–H groups in total. The third kappa shape index (κ3) is 4.49. The van der Waals surface area contributed by atoms with Crippen molar-refractivity contribution in [1.82, 2.24) is 5.32 Å². The lowest BCUT2D eigenvalue weighted by molar-refractivity contribution is -0.146. The van der Waals surface area contributed by atoms with Crippen LogP contribution in [-0.4, -0.2) is 29.3 Å². The summed E-state index contributed by atoms with van der Waals surface area (Å²) in [6.07, 6.45) is 1.28. The van der Waals surface area contributed by atoms with Crippen LogP contribution in [0.5, 0.6) is 0 Å². The summed E-state index contributed by atoms with van der Waals surface area (Å²) in [5.41, 5.74) is 0. The number of hydrogen-bond acceptors (Lipinski definition) is 3. The topological polar surface area (TPSA) is 66.4 Å². The molecule has 0 saturated heterocycles. The molecule has 0 radical (unpaired) electrons. The monoisotopic (exact) mass is 307 g/mol. The van der Waals surface area contributed by atoms with Crippen LogP contribution in [0, 0.1) is 17.8 Å². The van der Waals surface area contributed by atoms with Crippen molar-refractivity contribution in [1.29, 1.82) is 0 Å². The van der Waals surface area contributed by atoms with Crippen LogP contribution in [0.4, 0.5) is 0 Å². The molecule has 1 aromatic rings. The Kier molecular flexibility index (Phi) is 5.67. The molecule has 114 valence electrons. The zero-order valence-corrected chi connectivity index (χ0v) is 12.9. The van der Waals surface area contributed by atoms with Crippen molar-refractivity contribution in [3.63, 3.8) is 0 Å². The standard InChI is InChI=1S/C16H21NO3S/c1-11-9-13(14(10-11)16(19)20)15(18)17-7-8-21-12-5-3-2-4-6-12/h2-6,11,13-14H,7-10H2,1H3,(H,17,18)(H,19,20)/t11?,13-,14+/m0/s1. The molecule has 0 spiro atoms. The molecular weight excluding hydrogens is 286 g/mol. The van der Waals surface area contributed by atoms with E-state index in [1.807, 2.05) is 37.3 Å². The molecule has 2 rings (SSSR count). The van der Waals surface area contributed by atoms with Crippen molar-refractivity contribution in [2.75, 3.05) is 12.3 Å². The van der Waals surface area contributed by atoms with Gasteiger partial charge in [-0.25, -0.2) is 0 Å². The Labute approximate surface area is 129 Å². The van der Waals surface area contributed by atoms with Gasteiger partial charge in [-0.1, -0.05) is 25.1 Å². The predicted molar refractivity (Wildman–Crippen MR) is 83.2 cm³/mol. The van der Waals surface area contributed by atoms with Gasteiger partial charge in [-0.2, -0.15) is 0 Å². The first-order chi connectivity index (χ1) is 10.1. The second-order valence-electron chi connectivity index (χ2n) is 5.58. The molecule has 0 bridgehead atoms. The van der Waals surface area contributed by atoms with E-state index in [1.54, 1.807) is 11.8 Å². The Balaban J connectivity index is 1.75. The Bertz CT molecular complexity index is 492. The van der Waals surface area contributed by atoms with Gasteiger partial charge in [0.1, 0.15) is 0 Å². The third-order valence-electron chi connectivity index (χ3n) is 3.87. The van der Waals surface area contributed by atoms with E-state index in [4.69, 9.17) is 0 Å². The number of benzene rings is 1. The fourth-order valence-corrected chi connectivity index (χ4v) is 3.63.